The Morgan fingerprint density at radius 3 is 1.41 bits per heavy atom. The number of phenolic OH excluding ortho intramolecular Hbond substituents is 2. The summed E-state index contributed by atoms with van der Waals surface area (Å²) in [5.74, 6) is 0.448. The molecule has 0 aliphatic heterocycles. The summed E-state index contributed by atoms with van der Waals surface area (Å²) < 4.78 is 0. The van der Waals surface area contributed by atoms with Crippen molar-refractivity contribution < 1.29 is 10.2 Å². The first-order valence-electron chi connectivity index (χ1n) is 8.92. The third-order valence-electron chi connectivity index (χ3n) is 5.02. The molecule has 2 heteroatoms. The van der Waals surface area contributed by atoms with Gasteiger partial charge in [0.2, 0.25) is 0 Å². The molecule has 4 aromatic carbocycles. The van der Waals surface area contributed by atoms with Crippen LogP contribution in [0.2, 0.25) is 0 Å². The van der Waals surface area contributed by atoms with Gasteiger partial charge in [-0.2, -0.15) is 0 Å². The molecule has 4 rings (SSSR count). The minimum atomic E-state index is -0.707. The van der Waals surface area contributed by atoms with Crippen molar-refractivity contribution in [3.05, 3.63) is 131 Å². The van der Waals surface area contributed by atoms with E-state index in [1.165, 1.54) is 0 Å². The second-order valence-corrected chi connectivity index (χ2v) is 6.55. The van der Waals surface area contributed by atoms with Crippen molar-refractivity contribution in [1.29, 1.82) is 0 Å². The van der Waals surface area contributed by atoms with Gasteiger partial charge in [-0.3, -0.25) is 0 Å². The molecule has 0 bridgehead atoms. The van der Waals surface area contributed by atoms with Crippen molar-refractivity contribution >= 4 is 0 Å². The van der Waals surface area contributed by atoms with E-state index in [1.807, 2.05) is 66.7 Å². The Morgan fingerprint density at radius 2 is 0.889 bits per heavy atom. The lowest BCUT2D eigenvalue weighted by atomic mass is 9.65. The Kier molecular flexibility index (Phi) is 4.39. The van der Waals surface area contributed by atoms with Crippen molar-refractivity contribution in [3.8, 4) is 11.5 Å². The molecule has 132 valence electrons. The van der Waals surface area contributed by atoms with E-state index in [2.05, 4.69) is 24.3 Å². The van der Waals surface area contributed by atoms with E-state index in [9.17, 15) is 10.2 Å². The van der Waals surface area contributed by atoms with Gasteiger partial charge >= 0.3 is 0 Å². The van der Waals surface area contributed by atoms with Crippen molar-refractivity contribution in [2.75, 3.05) is 0 Å². The van der Waals surface area contributed by atoms with Gasteiger partial charge in [-0.15, -0.1) is 0 Å². The average molecular weight is 352 g/mol. The largest absolute Gasteiger partial charge is 0.508 e. The van der Waals surface area contributed by atoms with Crippen LogP contribution in [0.4, 0.5) is 0 Å². The maximum atomic E-state index is 10.8. The summed E-state index contributed by atoms with van der Waals surface area (Å²) in [4.78, 5) is 0. The third kappa shape index (κ3) is 2.85. The van der Waals surface area contributed by atoms with Gasteiger partial charge in [0.05, 0.1) is 5.41 Å². The quantitative estimate of drug-likeness (QED) is 0.477. The van der Waals surface area contributed by atoms with E-state index in [0.717, 1.165) is 22.3 Å². The van der Waals surface area contributed by atoms with E-state index in [-0.39, 0.29) is 11.5 Å². The molecule has 0 heterocycles. The highest BCUT2D eigenvalue weighted by molar-refractivity contribution is 5.63. The van der Waals surface area contributed by atoms with Gasteiger partial charge in [0.15, 0.2) is 0 Å². The molecule has 0 saturated carbocycles. The summed E-state index contributed by atoms with van der Waals surface area (Å²) in [6.07, 6.45) is 0. The van der Waals surface area contributed by atoms with Gasteiger partial charge in [0.25, 0.3) is 0 Å². The molecular weight excluding hydrogens is 332 g/mol. The SMILES string of the molecule is Oc1ccc(C(c2ccccc2)(c2ccccc2)c2ccccc2O)cc1. The molecule has 2 nitrogen and oxygen atoms in total. The summed E-state index contributed by atoms with van der Waals surface area (Å²) in [6.45, 7) is 0. The molecule has 0 unspecified atom stereocenters. The topological polar surface area (TPSA) is 40.5 Å². The van der Waals surface area contributed by atoms with Gasteiger partial charge < -0.3 is 10.2 Å². The molecular formula is C25H20O2. The molecule has 0 amide bonds. The zero-order valence-corrected chi connectivity index (χ0v) is 14.8. The standard InChI is InChI=1S/C25H20O2/c26-22-17-15-21(16-18-22)25(19-9-3-1-4-10-19,20-11-5-2-6-12-20)23-13-7-8-14-24(23)27/h1-18,26-27H. The van der Waals surface area contributed by atoms with Gasteiger partial charge in [-0.05, 0) is 34.9 Å². The fourth-order valence-corrected chi connectivity index (χ4v) is 3.84. The van der Waals surface area contributed by atoms with Crippen LogP contribution in [0.1, 0.15) is 22.3 Å². The van der Waals surface area contributed by atoms with Crippen LogP contribution in [-0.4, -0.2) is 10.2 Å². The lowest BCUT2D eigenvalue weighted by molar-refractivity contribution is 0.460. The second-order valence-electron chi connectivity index (χ2n) is 6.55. The van der Waals surface area contributed by atoms with Gasteiger partial charge in [0, 0.05) is 5.56 Å². The van der Waals surface area contributed by atoms with Crippen LogP contribution >= 0.6 is 0 Å². The Morgan fingerprint density at radius 1 is 0.444 bits per heavy atom. The number of hydrogen-bond acceptors (Lipinski definition) is 2. The molecule has 0 atom stereocenters. The average Bonchev–Trinajstić information content (AvgIpc) is 2.73. The molecule has 27 heavy (non-hydrogen) atoms. The van der Waals surface area contributed by atoms with Crippen molar-refractivity contribution in [1.82, 2.24) is 0 Å². The molecule has 0 fully saturated rings. The summed E-state index contributed by atoms with van der Waals surface area (Å²) in [5, 5.41) is 20.7. The third-order valence-corrected chi connectivity index (χ3v) is 5.02. The van der Waals surface area contributed by atoms with Crippen LogP contribution in [0, 0.1) is 0 Å². The van der Waals surface area contributed by atoms with Crippen LogP contribution in [0.3, 0.4) is 0 Å². The van der Waals surface area contributed by atoms with Crippen LogP contribution in [0.15, 0.2) is 109 Å². The highest BCUT2D eigenvalue weighted by atomic mass is 16.3. The lowest BCUT2D eigenvalue weighted by Crippen LogP contribution is -2.31. The first-order valence-corrected chi connectivity index (χ1v) is 8.92. The highest BCUT2D eigenvalue weighted by Crippen LogP contribution is 2.48. The summed E-state index contributed by atoms with van der Waals surface area (Å²) >= 11 is 0. The van der Waals surface area contributed by atoms with E-state index < -0.39 is 5.41 Å². The fourth-order valence-electron chi connectivity index (χ4n) is 3.84. The van der Waals surface area contributed by atoms with Crippen LogP contribution < -0.4 is 0 Å². The first kappa shape index (κ1) is 16.9. The van der Waals surface area contributed by atoms with Crippen LogP contribution in [0.25, 0.3) is 0 Å². The smallest absolute Gasteiger partial charge is 0.120 e. The Labute approximate surface area is 159 Å². The lowest BCUT2D eigenvalue weighted by Gasteiger charge is -2.37. The normalized spacial score (nSPS) is 11.3. The number of benzene rings is 4. The van der Waals surface area contributed by atoms with Crippen LogP contribution in [-0.2, 0) is 5.41 Å². The van der Waals surface area contributed by atoms with Crippen molar-refractivity contribution in [2.24, 2.45) is 0 Å². The van der Waals surface area contributed by atoms with Crippen molar-refractivity contribution in [3.63, 3.8) is 0 Å². The molecule has 0 aliphatic carbocycles. The number of phenols is 2. The molecule has 4 aromatic rings. The van der Waals surface area contributed by atoms with Crippen LogP contribution in [0.5, 0.6) is 11.5 Å². The molecule has 0 saturated heterocycles. The Hall–Kier alpha value is -3.52. The Balaban J connectivity index is 2.16. The summed E-state index contributed by atoms with van der Waals surface area (Å²) in [6, 6.07) is 35.0. The van der Waals surface area contributed by atoms with E-state index in [4.69, 9.17) is 0 Å². The maximum absolute atomic E-state index is 10.8. The van der Waals surface area contributed by atoms with Gasteiger partial charge in [0.1, 0.15) is 11.5 Å². The first-order chi connectivity index (χ1) is 13.2. The summed E-state index contributed by atoms with van der Waals surface area (Å²) in [5.41, 5.74) is 3.15. The number of hydrogen-bond donors (Lipinski definition) is 2. The van der Waals surface area contributed by atoms with E-state index >= 15 is 0 Å². The second kappa shape index (κ2) is 7.00. The maximum Gasteiger partial charge on any atom is 0.120 e. The zero-order valence-electron chi connectivity index (χ0n) is 14.8. The number of rotatable bonds is 4. The Bertz CT molecular complexity index is 983. The van der Waals surface area contributed by atoms with Gasteiger partial charge in [-0.25, -0.2) is 0 Å². The minimum absolute atomic E-state index is 0.214. The van der Waals surface area contributed by atoms with E-state index in [1.54, 1.807) is 18.2 Å². The van der Waals surface area contributed by atoms with Crippen molar-refractivity contribution in [2.45, 2.75) is 5.41 Å². The zero-order chi connectivity index (χ0) is 18.7. The summed E-state index contributed by atoms with van der Waals surface area (Å²) in [7, 11) is 0. The highest BCUT2D eigenvalue weighted by Gasteiger charge is 2.40. The van der Waals surface area contributed by atoms with Gasteiger partial charge in [-0.1, -0.05) is 91.0 Å². The monoisotopic (exact) mass is 352 g/mol. The molecule has 0 spiro atoms. The number of aromatic hydroxyl groups is 2. The minimum Gasteiger partial charge on any atom is -0.508 e. The predicted molar refractivity (Wildman–Crippen MR) is 108 cm³/mol. The number of para-hydroxylation sites is 1. The molecule has 2 N–H and O–H groups in total. The predicted octanol–water partition coefficient (Wildman–Crippen LogP) is 5.48. The molecule has 0 radical (unpaired) electrons. The van der Waals surface area contributed by atoms with E-state index in [0.29, 0.717) is 0 Å². The molecule has 0 aromatic heterocycles. The molecule has 0 aliphatic rings. The fraction of sp³-hybridized carbons (Fsp3) is 0.0400.